The normalized spacial score (nSPS) is 18.2. The van der Waals surface area contributed by atoms with Gasteiger partial charge in [-0.05, 0) is 82.0 Å². The van der Waals surface area contributed by atoms with Gasteiger partial charge in [0.25, 0.3) is 0 Å². The number of aryl methyl sites for hydroxylation is 1. The fourth-order valence-electron chi connectivity index (χ4n) is 4.75. The van der Waals surface area contributed by atoms with Crippen LogP contribution in [0, 0.1) is 33.5 Å². The first-order valence-electron chi connectivity index (χ1n) is 10.3. The van der Waals surface area contributed by atoms with Gasteiger partial charge in [0.05, 0.1) is 0 Å². The molecule has 1 saturated heterocycles. The van der Waals surface area contributed by atoms with Crippen molar-refractivity contribution in [1.82, 2.24) is 0 Å². The molecule has 2 aromatic carbocycles. The van der Waals surface area contributed by atoms with Gasteiger partial charge in [-0.2, -0.15) is 0 Å². The molecule has 0 aliphatic carbocycles. The first kappa shape index (κ1) is 19.1. The van der Waals surface area contributed by atoms with Crippen molar-refractivity contribution in [2.75, 3.05) is 36.0 Å². The zero-order valence-electron chi connectivity index (χ0n) is 17.9. The lowest BCUT2D eigenvalue weighted by Gasteiger charge is -2.39. The van der Waals surface area contributed by atoms with Gasteiger partial charge < -0.3 is 14.5 Å². The van der Waals surface area contributed by atoms with E-state index in [1.54, 1.807) is 6.07 Å². The molecule has 28 heavy (non-hydrogen) atoms. The van der Waals surface area contributed by atoms with Crippen molar-refractivity contribution >= 4 is 11.4 Å². The third kappa shape index (κ3) is 3.13. The average molecular weight is 383 g/mol. The van der Waals surface area contributed by atoms with Crippen LogP contribution in [0.5, 0.6) is 5.75 Å². The Labute approximate surface area is 168 Å². The molecule has 4 heteroatoms. The number of benzene rings is 2. The predicted molar refractivity (Wildman–Crippen MR) is 115 cm³/mol. The maximum absolute atomic E-state index is 13.6. The number of hydrogen-bond donors (Lipinski definition) is 0. The van der Waals surface area contributed by atoms with Crippen molar-refractivity contribution in [3.8, 4) is 5.75 Å². The summed E-state index contributed by atoms with van der Waals surface area (Å²) in [7, 11) is 0. The molecule has 2 aliphatic rings. The quantitative estimate of drug-likeness (QED) is 0.719. The van der Waals surface area contributed by atoms with E-state index in [4.69, 9.17) is 4.74 Å². The van der Waals surface area contributed by atoms with Crippen LogP contribution in [0.2, 0.25) is 0 Å². The average Bonchev–Trinajstić information content (AvgIpc) is 2.99. The second kappa shape index (κ2) is 6.68. The van der Waals surface area contributed by atoms with E-state index in [0.29, 0.717) is 5.56 Å². The highest BCUT2D eigenvalue weighted by molar-refractivity contribution is 5.70. The number of ether oxygens (including phenoxy) is 1. The summed E-state index contributed by atoms with van der Waals surface area (Å²) in [6.45, 7) is 16.7. The van der Waals surface area contributed by atoms with E-state index in [1.807, 2.05) is 19.1 Å². The molecule has 0 N–H and O–H groups in total. The molecule has 0 spiro atoms. The number of hydrogen-bond acceptors (Lipinski definition) is 3. The van der Waals surface area contributed by atoms with Crippen molar-refractivity contribution in [2.45, 2.75) is 53.6 Å². The summed E-state index contributed by atoms with van der Waals surface area (Å²) in [5.41, 5.74) is 8.44. The Morgan fingerprint density at radius 2 is 1.54 bits per heavy atom. The van der Waals surface area contributed by atoms with E-state index in [9.17, 15) is 4.39 Å². The third-order valence-corrected chi connectivity index (χ3v) is 6.42. The highest BCUT2D eigenvalue weighted by Gasteiger charge is 2.35. The third-order valence-electron chi connectivity index (χ3n) is 6.42. The van der Waals surface area contributed by atoms with Gasteiger partial charge in [-0.1, -0.05) is 0 Å². The smallest absolute Gasteiger partial charge is 0.127 e. The van der Waals surface area contributed by atoms with Gasteiger partial charge >= 0.3 is 0 Å². The van der Waals surface area contributed by atoms with Gasteiger partial charge in [0, 0.05) is 49.5 Å². The number of nitrogens with zero attached hydrogens (tertiary/aromatic N) is 2. The van der Waals surface area contributed by atoms with Gasteiger partial charge in [-0.15, -0.1) is 0 Å². The Kier molecular flexibility index (Phi) is 4.56. The summed E-state index contributed by atoms with van der Waals surface area (Å²) in [5, 5.41) is 0. The number of piperazine rings is 1. The molecule has 0 radical (unpaired) electrons. The fourth-order valence-corrected chi connectivity index (χ4v) is 4.75. The van der Waals surface area contributed by atoms with Crippen LogP contribution in [-0.2, 0) is 6.42 Å². The lowest BCUT2D eigenvalue weighted by atomic mass is 9.91. The topological polar surface area (TPSA) is 15.7 Å². The molecule has 2 aromatic rings. The van der Waals surface area contributed by atoms with Gasteiger partial charge in [-0.25, -0.2) is 4.39 Å². The van der Waals surface area contributed by atoms with E-state index in [1.165, 1.54) is 27.9 Å². The SMILES string of the molecule is Cc1cc(N2CCN(c3c(C)c(C)c4c(c3C)CC(C)(C)O4)CC2)ccc1F. The first-order valence-corrected chi connectivity index (χ1v) is 10.3. The molecule has 3 nitrogen and oxygen atoms in total. The lowest BCUT2D eigenvalue weighted by Crippen LogP contribution is -2.47. The van der Waals surface area contributed by atoms with Crippen LogP contribution in [0.4, 0.5) is 15.8 Å². The molecule has 0 amide bonds. The van der Waals surface area contributed by atoms with E-state index in [-0.39, 0.29) is 11.4 Å². The number of fused-ring (bicyclic) bond motifs is 1. The molecule has 2 heterocycles. The maximum Gasteiger partial charge on any atom is 0.127 e. The van der Waals surface area contributed by atoms with Gasteiger partial charge in [0.2, 0.25) is 0 Å². The summed E-state index contributed by atoms with van der Waals surface area (Å²) in [6, 6.07) is 5.44. The van der Waals surface area contributed by atoms with Crippen LogP contribution in [0.25, 0.3) is 0 Å². The Balaban J connectivity index is 1.59. The second-order valence-corrected chi connectivity index (χ2v) is 8.98. The summed E-state index contributed by atoms with van der Waals surface area (Å²) in [5.74, 6) is 0.969. The molecule has 0 aromatic heterocycles. The van der Waals surface area contributed by atoms with E-state index < -0.39 is 0 Å². The molecule has 150 valence electrons. The van der Waals surface area contributed by atoms with Crippen molar-refractivity contribution in [2.24, 2.45) is 0 Å². The molecular formula is C24H31FN2O. The predicted octanol–water partition coefficient (Wildman–Crippen LogP) is 5.10. The number of anilines is 2. The largest absolute Gasteiger partial charge is 0.487 e. The molecule has 2 aliphatic heterocycles. The molecule has 1 fully saturated rings. The first-order chi connectivity index (χ1) is 13.2. The van der Waals surface area contributed by atoms with Crippen molar-refractivity contribution in [1.29, 1.82) is 0 Å². The molecule has 4 rings (SSSR count). The zero-order valence-corrected chi connectivity index (χ0v) is 17.9. The lowest BCUT2D eigenvalue weighted by molar-refractivity contribution is 0.137. The Hall–Kier alpha value is -2.23. The van der Waals surface area contributed by atoms with Gasteiger partial charge in [-0.3, -0.25) is 0 Å². The minimum absolute atomic E-state index is 0.123. The summed E-state index contributed by atoms with van der Waals surface area (Å²) >= 11 is 0. The Bertz CT molecular complexity index is 927. The minimum atomic E-state index is -0.132. The van der Waals surface area contributed by atoms with Crippen LogP contribution in [0.1, 0.15) is 41.7 Å². The molecule has 0 unspecified atom stereocenters. The highest BCUT2D eigenvalue weighted by atomic mass is 19.1. The standard InChI is InChI=1S/C24H31FN2O/c1-15-13-19(7-8-21(15)25)26-9-11-27(12-10-26)22-16(2)17(3)23-20(18(22)4)14-24(5,6)28-23/h7-8,13H,9-12,14H2,1-6H3. The molecule has 0 atom stereocenters. The van der Waals surface area contributed by atoms with Crippen molar-refractivity contribution in [3.63, 3.8) is 0 Å². The van der Waals surface area contributed by atoms with Crippen LogP contribution in [-0.4, -0.2) is 31.8 Å². The number of halogens is 1. The van der Waals surface area contributed by atoms with Crippen LogP contribution in [0.15, 0.2) is 18.2 Å². The van der Waals surface area contributed by atoms with Crippen LogP contribution < -0.4 is 14.5 Å². The zero-order chi connectivity index (χ0) is 20.2. The monoisotopic (exact) mass is 382 g/mol. The molecular weight excluding hydrogens is 351 g/mol. The summed E-state index contributed by atoms with van der Waals surface area (Å²) < 4.78 is 19.9. The minimum Gasteiger partial charge on any atom is -0.487 e. The summed E-state index contributed by atoms with van der Waals surface area (Å²) in [4.78, 5) is 4.89. The number of rotatable bonds is 2. The van der Waals surface area contributed by atoms with E-state index >= 15 is 0 Å². The van der Waals surface area contributed by atoms with Crippen LogP contribution in [0.3, 0.4) is 0 Å². The molecule has 0 saturated carbocycles. The maximum atomic E-state index is 13.6. The Morgan fingerprint density at radius 1 is 0.893 bits per heavy atom. The van der Waals surface area contributed by atoms with Crippen LogP contribution >= 0.6 is 0 Å². The van der Waals surface area contributed by atoms with Crippen molar-refractivity contribution < 1.29 is 9.13 Å². The molecule has 0 bridgehead atoms. The summed E-state index contributed by atoms with van der Waals surface area (Å²) in [6.07, 6.45) is 0.969. The fraction of sp³-hybridized carbons (Fsp3) is 0.500. The second-order valence-electron chi connectivity index (χ2n) is 8.98. The highest BCUT2D eigenvalue weighted by Crippen LogP contribution is 2.45. The van der Waals surface area contributed by atoms with Gasteiger partial charge in [0.15, 0.2) is 0 Å². The van der Waals surface area contributed by atoms with Crippen molar-refractivity contribution in [3.05, 3.63) is 51.8 Å². The van der Waals surface area contributed by atoms with Gasteiger partial charge in [0.1, 0.15) is 17.2 Å². The van der Waals surface area contributed by atoms with E-state index in [2.05, 4.69) is 44.4 Å². The van der Waals surface area contributed by atoms with E-state index in [0.717, 1.165) is 44.0 Å². The Morgan fingerprint density at radius 3 is 2.18 bits per heavy atom.